The molecule has 2 aromatic rings. The van der Waals surface area contributed by atoms with Crippen LogP contribution in [-0.4, -0.2) is 29.7 Å². The van der Waals surface area contributed by atoms with E-state index in [0.717, 1.165) is 4.21 Å². The lowest BCUT2D eigenvalue weighted by atomic mass is 10.3. The Balaban J connectivity index is 1.95. The average Bonchev–Trinajstić information content (AvgIpc) is 3.08. The molecular formula is C13H14N2O3S3. The summed E-state index contributed by atoms with van der Waals surface area (Å²) in [6.45, 7) is 2.11. The molecule has 112 valence electrons. The van der Waals surface area contributed by atoms with Crippen LogP contribution in [-0.2, 0) is 16.0 Å². The van der Waals surface area contributed by atoms with Gasteiger partial charge in [0.25, 0.3) is 5.91 Å². The highest BCUT2D eigenvalue weighted by Crippen LogP contribution is 2.26. The number of thiazole rings is 1. The van der Waals surface area contributed by atoms with Crippen molar-refractivity contribution in [3.05, 3.63) is 28.1 Å². The molecule has 2 rings (SSSR count). The molecule has 5 nitrogen and oxygen atoms in total. The first-order valence-corrected chi connectivity index (χ1v) is 9.09. The summed E-state index contributed by atoms with van der Waals surface area (Å²) < 4.78 is 5.94. The third-order valence-electron chi connectivity index (χ3n) is 2.41. The van der Waals surface area contributed by atoms with Gasteiger partial charge >= 0.3 is 5.97 Å². The van der Waals surface area contributed by atoms with E-state index in [2.05, 4.69) is 10.3 Å². The van der Waals surface area contributed by atoms with Crippen LogP contribution in [0.5, 0.6) is 0 Å². The van der Waals surface area contributed by atoms with Crippen molar-refractivity contribution in [2.75, 3.05) is 18.2 Å². The number of aromatic nitrogens is 1. The van der Waals surface area contributed by atoms with E-state index >= 15 is 0 Å². The van der Waals surface area contributed by atoms with Crippen LogP contribution < -0.4 is 5.32 Å². The van der Waals surface area contributed by atoms with Gasteiger partial charge in [-0.25, -0.2) is 4.98 Å². The number of hydrogen-bond donors (Lipinski definition) is 1. The quantitative estimate of drug-likeness (QED) is 0.644. The van der Waals surface area contributed by atoms with Crippen LogP contribution >= 0.6 is 34.4 Å². The zero-order valence-corrected chi connectivity index (χ0v) is 14.0. The van der Waals surface area contributed by atoms with Crippen molar-refractivity contribution >= 4 is 51.4 Å². The summed E-state index contributed by atoms with van der Waals surface area (Å²) in [6, 6.07) is 3.71. The second-order valence-corrected chi connectivity index (χ2v) is 6.95. The van der Waals surface area contributed by atoms with Gasteiger partial charge in [0.2, 0.25) is 0 Å². The molecule has 0 aliphatic heterocycles. The number of rotatable bonds is 6. The zero-order valence-electron chi connectivity index (χ0n) is 11.5. The summed E-state index contributed by atoms with van der Waals surface area (Å²) in [7, 11) is 0. The molecule has 0 atom stereocenters. The number of carbonyl (C=O) groups is 2. The van der Waals surface area contributed by atoms with E-state index in [9.17, 15) is 9.59 Å². The molecule has 1 amide bonds. The van der Waals surface area contributed by atoms with E-state index < -0.39 is 0 Å². The molecule has 0 aliphatic carbocycles. The normalized spacial score (nSPS) is 10.4. The van der Waals surface area contributed by atoms with Crippen molar-refractivity contribution in [1.82, 2.24) is 4.98 Å². The highest BCUT2D eigenvalue weighted by molar-refractivity contribution is 8.00. The van der Waals surface area contributed by atoms with Crippen molar-refractivity contribution in [3.63, 3.8) is 0 Å². The molecule has 0 radical (unpaired) electrons. The number of hydrogen-bond acceptors (Lipinski definition) is 7. The Hall–Kier alpha value is -1.38. The topological polar surface area (TPSA) is 68.3 Å². The molecule has 0 saturated heterocycles. The van der Waals surface area contributed by atoms with Crippen LogP contribution in [0.3, 0.4) is 0 Å². The number of carbonyl (C=O) groups excluding carboxylic acids is 2. The molecular weight excluding hydrogens is 328 g/mol. The molecule has 0 bridgehead atoms. The minimum Gasteiger partial charge on any atom is -0.466 e. The number of amides is 1. The van der Waals surface area contributed by atoms with Crippen LogP contribution in [0.1, 0.15) is 22.3 Å². The summed E-state index contributed by atoms with van der Waals surface area (Å²) >= 11 is 4.33. The van der Waals surface area contributed by atoms with Gasteiger partial charge in [-0.3, -0.25) is 14.9 Å². The largest absolute Gasteiger partial charge is 0.466 e. The smallest absolute Gasteiger partial charge is 0.311 e. The standard InChI is InChI=1S/C13H14N2O3S3/c1-3-18-10(16)6-8-7-20-13(14-8)15-12(17)9-4-5-11(19-2)21-9/h4-5,7H,3,6H2,1-2H3,(H,14,15,17). The van der Waals surface area contributed by atoms with Gasteiger partial charge < -0.3 is 4.74 Å². The van der Waals surface area contributed by atoms with Gasteiger partial charge in [0.1, 0.15) is 0 Å². The van der Waals surface area contributed by atoms with Crippen LogP contribution in [0.2, 0.25) is 0 Å². The minimum atomic E-state index is -0.316. The minimum absolute atomic E-state index is 0.121. The van der Waals surface area contributed by atoms with E-state index in [1.165, 1.54) is 22.7 Å². The predicted molar refractivity (Wildman–Crippen MR) is 86.5 cm³/mol. The molecule has 0 spiro atoms. The van der Waals surface area contributed by atoms with Gasteiger partial charge in [-0.05, 0) is 25.3 Å². The lowest BCUT2D eigenvalue weighted by molar-refractivity contribution is -0.142. The molecule has 2 aromatic heterocycles. The molecule has 0 aromatic carbocycles. The first-order valence-electron chi connectivity index (χ1n) is 6.17. The fourth-order valence-corrected chi connectivity index (χ4v) is 3.66. The third kappa shape index (κ3) is 4.55. The number of ether oxygens (including phenoxy) is 1. The zero-order chi connectivity index (χ0) is 15.2. The molecule has 0 saturated carbocycles. The van der Waals surface area contributed by atoms with Gasteiger partial charge in [-0.1, -0.05) is 0 Å². The van der Waals surface area contributed by atoms with E-state index in [1.807, 2.05) is 12.3 Å². The first kappa shape index (κ1) is 16.0. The van der Waals surface area contributed by atoms with Gasteiger partial charge in [0.05, 0.1) is 27.8 Å². The van der Waals surface area contributed by atoms with Crippen molar-refractivity contribution in [2.24, 2.45) is 0 Å². The van der Waals surface area contributed by atoms with E-state index in [-0.39, 0.29) is 18.3 Å². The van der Waals surface area contributed by atoms with Gasteiger partial charge in [-0.2, -0.15) is 0 Å². The number of nitrogens with one attached hydrogen (secondary N) is 1. The maximum absolute atomic E-state index is 12.0. The summed E-state index contributed by atoms with van der Waals surface area (Å²) in [5.74, 6) is -0.499. The Morgan fingerprint density at radius 3 is 2.90 bits per heavy atom. The maximum Gasteiger partial charge on any atom is 0.311 e. The summed E-state index contributed by atoms with van der Waals surface area (Å²) in [5, 5.41) is 4.97. The lowest BCUT2D eigenvalue weighted by Crippen LogP contribution is -2.11. The second-order valence-electron chi connectivity index (χ2n) is 3.90. The van der Waals surface area contributed by atoms with Crippen LogP contribution in [0, 0.1) is 0 Å². The number of thioether (sulfide) groups is 1. The Morgan fingerprint density at radius 1 is 1.43 bits per heavy atom. The Bertz CT molecular complexity index is 636. The summed E-state index contributed by atoms with van der Waals surface area (Å²) in [6.07, 6.45) is 2.09. The molecule has 21 heavy (non-hydrogen) atoms. The van der Waals surface area contributed by atoms with Crippen molar-refractivity contribution in [1.29, 1.82) is 0 Å². The lowest BCUT2D eigenvalue weighted by Gasteiger charge is -1.99. The SMILES string of the molecule is CCOC(=O)Cc1csc(NC(=O)c2ccc(SC)s2)n1. The average molecular weight is 342 g/mol. The predicted octanol–water partition coefficient (Wildman–Crippen LogP) is 3.28. The fourth-order valence-electron chi connectivity index (χ4n) is 1.52. The second kappa shape index (κ2) is 7.58. The van der Waals surface area contributed by atoms with E-state index in [4.69, 9.17) is 4.74 Å². The highest BCUT2D eigenvalue weighted by Gasteiger charge is 2.13. The van der Waals surface area contributed by atoms with E-state index in [1.54, 1.807) is 30.1 Å². The monoisotopic (exact) mass is 342 g/mol. The number of esters is 1. The van der Waals surface area contributed by atoms with Crippen LogP contribution in [0.15, 0.2) is 21.7 Å². The molecule has 0 unspecified atom stereocenters. The molecule has 1 N–H and O–H groups in total. The number of thiophene rings is 1. The third-order valence-corrected chi connectivity index (χ3v) is 5.38. The van der Waals surface area contributed by atoms with Gasteiger partial charge in [0.15, 0.2) is 5.13 Å². The molecule has 2 heterocycles. The Kier molecular flexibility index (Phi) is 5.77. The van der Waals surface area contributed by atoms with Crippen molar-refractivity contribution in [3.8, 4) is 0 Å². The van der Waals surface area contributed by atoms with E-state index in [0.29, 0.717) is 22.3 Å². The van der Waals surface area contributed by atoms with Crippen molar-refractivity contribution < 1.29 is 14.3 Å². The molecule has 8 heteroatoms. The van der Waals surface area contributed by atoms with Gasteiger partial charge in [-0.15, -0.1) is 34.4 Å². The van der Waals surface area contributed by atoms with Crippen LogP contribution in [0.25, 0.3) is 0 Å². The summed E-state index contributed by atoms with van der Waals surface area (Å²) in [4.78, 5) is 28.2. The number of nitrogens with zero attached hydrogens (tertiary/aromatic N) is 1. The molecule has 0 aliphatic rings. The van der Waals surface area contributed by atoms with Crippen LogP contribution in [0.4, 0.5) is 5.13 Å². The Morgan fingerprint density at radius 2 is 2.24 bits per heavy atom. The first-order chi connectivity index (χ1) is 10.1. The summed E-state index contributed by atoms with van der Waals surface area (Å²) in [5.41, 5.74) is 0.602. The number of anilines is 1. The molecule has 0 fully saturated rings. The highest BCUT2D eigenvalue weighted by atomic mass is 32.2. The maximum atomic E-state index is 12.0. The fraction of sp³-hybridized carbons (Fsp3) is 0.308. The van der Waals surface area contributed by atoms with Crippen molar-refractivity contribution in [2.45, 2.75) is 17.6 Å². The van der Waals surface area contributed by atoms with Gasteiger partial charge in [0, 0.05) is 5.38 Å². The Labute approximate surface area is 134 Å².